The fourth-order valence-corrected chi connectivity index (χ4v) is 8.31. The van der Waals surface area contributed by atoms with Crippen molar-refractivity contribution in [2.45, 2.75) is 168 Å². The van der Waals surface area contributed by atoms with Crippen LogP contribution >= 0.6 is 0 Å². The highest BCUT2D eigenvalue weighted by Crippen LogP contribution is 2.25. The molecule has 0 bridgehead atoms. The fraction of sp³-hybridized carbons (Fsp3) is 0.452. The molecule has 5 aromatic carbocycles. The van der Waals surface area contributed by atoms with Gasteiger partial charge in [0.15, 0.2) is 0 Å². The van der Waals surface area contributed by atoms with Crippen molar-refractivity contribution in [3.8, 4) is 23.0 Å². The minimum absolute atomic E-state index is 0.169. The number of carbonyl (C=O) groups excluding carboxylic acids is 2. The molecule has 0 amide bonds. The summed E-state index contributed by atoms with van der Waals surface area (Å²) < 4.78 is 52.3. The molecule has 8 nitrogen and oxygen atoms in total. The molecule has 0 saturated carbocycles. The highest BCUT2D eigenvalue weighted by atomic mass is 19.1. The van der Waals surface area contributed by atoms with Crippen LogP contribution in [0.15, 0.2) is 119 Å². The Labute approximate surface area is 428 Å². The molecule has 0 aliphatic carbocycles. The molecule has 10 heteroatoms. The zero-order valence-electron chi connectivity index (χ0n) is 43.0. The molecule has 0 unspecified atom stereocenters. The molecule has 386 valence electrons. The van der Waals surface area contributed by atoms with E-state index in [1.54, 1.807) is 73.1 Å². The topological polar surface area (TPSA) is 95.8 Å². The van der Waals surface area contributed by atoms with E-state index in [0.29, 0.717) is 36.1 Å². The average Bonchev–Trinajstić information content (AvgIpc) is 3.38. The Bertz CT molecular complexity index is 2220. The molecule has 0 heterocycles. The van der Waals surface area contributed by atoms with E-state index in [2.05, 4.69) is 23.8 Å². The van der Waals surface area contributed by atoms with Crippen LogP contribution in [0.25, 0.3) is 0 Å². The predicted molar refractivity (Wildman–Crippen MR) is 290 cm³/mol. The van der Waals surface area contributed by atoms with Gasteiger partial charge in [0.1, 0.15) is 34.6 Å². The van der Waals surface area contributed by atoms with E-state index >= 15 is 0 Å². The summed E-state index contributed by atoms with van der Waals surface area (Å²) in [5.41, 5.74) is 2.59. The summed E-state index contributed by atoms with van der Waals surface area (Å²) in [5.74, 6) is -1.68. The third kappa shape index (κ3) is 22.5. The molecule has 0 spiro atoms. The monoisotopic (exact) mass is 985 g/mol. The van der Waals surface area contributed by atoms with Crippen LogP contribution in [0.1, 0.15) is 200 Å². The maximum absolute atomic E-state index is 14.9. The van der Waals surface area contributed by atoms with Gasteiger partial charge in [-0.15, -0.1) is 0 Å². The number of aliphatic imine (C=N–C) groups is 2. The molecular formula is C62H78F2N2O6. The highest BCUT2D eigenvalue weighted by molar-refractivity contribution is 5.92. The molecule has 0 saturated heterocycles. The number of unbranched alkanes of at least 4 members (excludes halogenated alkanes) is 22. The van der Waals surface area contributed by atoms with Gasteiger partial charge in [0.05, 0.1) is 35.7 Å². The molecule has 72 heavy (non-hydrogen) atoms. The van der Waals surface area contributed by atoms with Crippen molar-refractivity contribution in [2.75, 3.05) is 13.2 Å². The summed E-state index contributed by atoms with van der Waals surface area (Å²) in [6.07, 6.45) is 33.6. The fourth-order valence-electron chi connectivity index (χ4n) is 8.31. The van der Waals surface area contributed by atoms with Gasteiger partial charge >= 0.3 is 11.9 Å². The Kier molecular flexibility index (Phi) is 27.0. The van der Waals surface area contributed by atoms with Crippen LogP contribution in [-0.2, 0) is 0 Å². The Balaban J connectivity index is 0.970. The molecule has 0 aliphatic heterocycles. The van der Waals surface area contributed by atoms with Crippen LogP contribution in [0.4, 0.5) is 20.2 Å². The molecule has 0 atom stereocenters. The minimum Gasteiger partial charge on any atom is -0.493 e. The van der Waals surface area contributed by atoms with E-state index in [0.717, 1.165) is 36.8 Å². The first-order valence-electron chi connectivity index (χ1n) is 27.0. The van der Waals surface area contributed by atoms with Crippen molar-refractivity contribution in [1.29, 1.82) is 0 Å². The second kappa shape index (κ2) is 34.2. The van der Waals surface area contributed by atoms with Gasteiger partial charge in [-0.3, -0.25) is 9.98 Å². The van der Waals surface area contributed by atoms with Gasteiger partial charge in [-0.1, -0.05) is 173 Å². The number of rotatable bonds is 36. The van der Waals surface area contributed by atoms with Gasteiger partial charge in [-0.2, -0.15) is 0 Å². The van der Waals surface area contributed by atoms with Gasteiger partial charge in [0, 0.05) is 24.6 Å². The number of ether oxygens (including phenoxy) is 4. The Hall–Kier alpha value is -6.16. The summed E-state index contributed by atoms with van der Waals surface area (Å²) in [7, 11) is 0. The first kappa shape index (κ1) is 56.8. The number of hydrogen-bond acceptors (Lipinski definition) is 8. The van der Waals surface area contributed by atoms with Crippen molar-refractivity contribution in [3.63, 3.8) is 0 Å². The lowest BCUT2D eigenvalue weighted by Crippen LogP contribution is -2.11. The maximum atomic E-state index is 14.9. The van der Waals surface area contributed by atoms with E-state index in [4.69, 9.17) is 18.9 Å². The number of hydrogen-bond donors (Lipinski definition) is 0. The van der Waals surface area contributed by atoms with E-state index in [9.17, 15) is 18.4 Å². The largest absolute Gasteiger partial charge is 0.493 e. The minimum atomic E-state index is -0.798. The number of nitrogens with zero attached hydrogens (tertiary/aromatic N) is 2. The van der Waals surface area contributed by atoms with Gasteiger partial charge in [-0.25, -0.2) is 18.4 Å². The molecule has 5 rings (SSSR count). The zero-order valence-corrected chi connectivity index (χ0v) is 43.0. The summed E-state index contributed by atoms with van der Waals surface area (Å²) in [5, 5.41) is 0. The number of halogens is 2. The molecule has 5 aromatic rings. The van der Waals surface area contributed by atoms with Crippen molar-refractivity contribution in [2.24, 2.45) is 9.98 Å². The molecule has 0 aromatic heterocycles. The van der Waals surface area contributed by atoms with Gasteiger partial charge in [-0.05, 0) is 103 Å². The first-order valence-corrected chi connectivity index (χ1v) is 27.0. The van der Waals surface area contributed by atoms with Gasteiger partial charge in [0.2, 0.25) is 0 Å². The number of carbonyl (C=O) groups is 2. The molecule has 0 N–H and O–H groups in total. The summed E-state index contributed by atoms with van der Waals surface area (Å²) in [6, 6.07) is 29.3. The summed E-state index contributed by atoms with van der Waals surface area (Å²) >= 11 is 0. The van der Waals surface area contributed by atoms with Crippen LogP contribution in [0.5, 0.6) is 23.0 Å². The van der Waals surface area contributed by atoms with E-state index < -0.39 is 23.6 Å². The molecule has 0 fully saturated rings. The van der Waals surface area contributed by atoms with Crippen molar-refractivity contribution >= 4 is 35.7 Å². The van der Waals surface area contributed by atoms with Crippen molar-refractivity contribution in [3.05, 3.63) is 143 Å². The Morgan fingerprint density at radius 1 is 0.403 bits per heavy atom. The van der Waals surface area contributed by atoms with E-state index in [-0.39, 0.29) is 22.6 Å². The number of esters is 2. The van der Waals surface area contributed by atoms with Crippen LogP contribution in [0, 0.1) is 11.6 Å². The number of benzene rings is 5. The Morgan fingerprint density at radius 3 is 1.06 bits per heavy atom. The van der Waals surface area contributed by atoms with Crippen molar-refractivity contribution < 1.29 is 37.3 Å². The van der Waals surface area contributed by atoms with Crippen LogP contribution in [0.3, 0.4) is 0 Å². The quantitative estimate of drug-likeness (QED) is 0.0172. The van der Waals surface area contributed by atoms with E-state index in [1.165, 1.54) is 153 Å². The lowest BCUT2D eigenvalue weighted by molar-refractivity contribution is 0.0719. The summed E-state index contributed by atoms with van der Waals surface area (Å²) in [4.78, 5) is 34.8. The maximum Gasteiger partial charge on any atom is 0.346 e. The second-order valence-electron chi connectivity index (χ2n) is 18.7. The highest BCUT2D eigenvalue weighted by Gasteiger charge is 2.17. The van der Waals surface area contributed by atoms with Crippen LogP contribution < -0.4 is 18.9 Å². The van der Waals surface area contributed by atoms with E-state index in [1.807, 2.05) is 24.3 Å². The van der Waals surface area contributed by atoms with Crippen LogP contribution in [-0.4, -0.2) is 37.6 Å². The molecule has 0 aliphatic rings. The third-order valence-corrected chi connectivity index (χ3v) is 12.6. The normalized spacial score (nSPS) is 11.4. The summed E-state index contributed by atoms with van der Waals surface area (Å²) in [6.45, 7) is 5.51. The SMILES string of the molecule is CCCCCCCCCCCCCCOc1ccc(C(=O)Oc2ccc(N=Cc3cccc(C=Nc4ccc(OC(=O)c5ccc(OCCCCCCCCCCCCCC)cc5F)cc4)c3)cc2)c(F)c1. The standard InChI is InChI=1S/C62H78F2N2O6/c1-3-5-7-9-11-13-15-17-19-21-23-25-42-69-55-38-40-57(59(63)45-55)61(67)71-53-34-30-51(31-35-53)65-47-49-28-27-29-50(44-49)48-66-52-32-36-54(37-33-52)72-62(68)58-41-39-56(46-60(58)64)70-43-26-24-22-20-18-16-14-12-10-8-6-4-2/h27-41,44-48H,3-26,42-43H2,1-2H3. The lowest BCUT2D eigenvalue weighted by Gasteiger charge is -2.09. The predicted octanol–water partition coefficient (Wildman–Crippen LogP) is 18.1. The third-order valence-electron chi connectivity index (χ3n) is 12.6. The lowest BCUT2D eigenvalue weighted by atomic mass is 10.1. The Morgan fingerprint density at radius 2 is 0.722 bits per heavy atom. The molecule has 0 radical (unpaired) electrons. The average molecular weight is 985 g/mol. The smallest absolute Gasteiger partial charge is 0.346 e. The zero-order chi connectivity index (χ0) is 50.9. The van der Waals surface area contributed by atoms with Gasteiger partial charge in [0.25, 0.3) is 0 Å². The van der Waals surface area contributed by atoms with Crippen LogP contribution in [0.2, 0.25) is 0 Å². The second-order valence-corrected chi connectivity index (χ2v) is 18.7. The first-order chi connectivity index (χ1) is 35.3. The van der Waals surface area contributed by atoms with Crippen molar-refractivity contribution in [1.82, 2.24) is 0 Å². The molecular weight excluding hydrogens is 907 g/mol. The van der Waals surface area contributed by atoms with Gasteiger partial charge < -0.3 is 18.9 Å².